The molecule has 3 aromatic rings. The van der Waals surface area contributed by atoms with E-state index in [1.807, 2.05) is 50.2 Å². The van der Waals surface area contributed by atoms with Crippen LogP contribution in [0.1, 0.15) is 22.8 Å². The van der Waals surface area contributed by atoms with Gasteiger partial charge in [0, 0.05) is 0 Å². The second kappa shape index (κ2) is 6.62. The second-order valence-electron chi connectivity index (χ2n) is 5.49. The molecule has 1 aromatic heterocycles. The first-order valence-corrected chi connectivity index (χ1v) is 7.38. The number of aryl methyl sites for hydroxylation is 2. The minimum Gasteiger partial charge on any atom is -0.490 e. The Morgan fingerprint density at radius 3 is 2.57 bits per heavy atom. The van der Waals surface area contributed by atoms with E-state index in [0.717, 1.165) is 16.7 Å². The van der Waals surface area contributed by atoms with Gasteiger partial charge in [-0.1, -0.05) is 41.5 Å². The maximum absolute atomic E-state index is 10.4. The number of benzene rings is 2. The molecule has 0 aliphatic heterocycles. The molecule has 0 spiro atoms. The predicted octanol–water partition coefficient (Wildman–Crippen LogP) is 3.47. The lowest BCUT2D eigenvalue weighted by atomic mass is 10.0. The van der Waals surface area contributed by atoms with Gasteiger partial charge < -0.3 is 14.3 Å². The maximum atomic E-state index is 10.4. The van der Waals surface area contributed by atoms with Crippen molar-refractivity contribution in [3.63, 3.8) is 0 Å². The van der Waals surface area contributed by atoms with Crippen LogP contribution < -0.4 is 4.74 Å². The Bertz CT molecular complexity index is 764. The highest BCUT2D eigenvalue weighted by Gasteiger charge is 2.14. The van der Waals surface area contributed by atoms with E-state index in [4.69, 9.17) is 9.15 Å². The Morgan fingerprint density at radius 1 is 1.13 bits per heavy atom. The van der Waals surface area contributed by atoms with E-state index in [1.165, 1.54) is 6.39 Å². The van der Waals surface area contributed by atoms with Crippen molar-refractivity contribution in [2.24, 2.45) is 0 Å². The van der Waals surface area contributed by atoms with Crippen LogP contribution in [0.2, 0.25) is 0 Å². The lowest BCUT2D eigenvalue weighted by molar-refractivity contribution is 0.108. The Kier molecular flexibility index (Phi) is 4.39. The summed E-state index contributed by atoms with van der Waals surface area (Å²) in [4.78, 5) is 0. The topological polar surface area (TPSA) is 68.4 Å². The summed E-state index contributed by atoms with van der Waals surface area (Å²) in [5.41, 5.74) is 3.78. The summed E-state index contributed by atoms with van der Waals surface area (Å²) in [5.74, 6) is 0.988. The van der Waals surface area contributed by atoms with Crippen LogP contribution in [0.25, 0.3) is 11.5 Å². The molecule has 0 aliphatic rings. The van der Waals surface area contributed by atoms with Crippen molar-refractivity contribution in [2.45, 2.75) is 20.0 Å². The third kappa shape index (κ3) is 3.57. The van der Waals surface area contributed by atoms with Gasteiger partial charge in [0.2, 0.25) is 6.39 Å². The number of rotatable bonds is 5. The van der Waals surface area contributed by atoms with Gasteiger partial charge in [0.05, 0.1) is 5.56 Å². The van der Waals surface area contributed by atoms with Gasteiger partial charge in [0.1, 0.15) is 18.5 Å². The molecule has 0 saturated carbocycles. The largest absolute Gasteiger partial charge is 0.490 e. The zero-order chi connectivity index (χ0) is 16.2. The molecule has 0 bridgehead atoms. The van der Waals surface area contributed by atoms with Crippen LogP contribution in [-0.4, -0.2) is 21.9 Å². The zero-order valence-corrected chi connectivity index (χ0v) is 13.1. The number of aliphatic hydroxyl groups is 1. The average molecular weight is 310 g/mol. The molecule has 23 heavy (non-hydrogen) atoms. The summed E-state index contributed by atoms with van der Waals surface area (Å²) in [7, 11) is 0. The number of para-hydroxylation sites is 1. The van der Waals surface area contributed by atoms with Crippen LogP contribution in [0.5, 0.6) is 5.75 Å². The monoisotopic (exact) mass is 310 g/mol. The molecule has 0 radical (unpaired) electrons. The SMILES string of the molecule is Cc1cc(C)cc(C(O)COc2ccccc2-c2nnco2)c1. The van der Waals surface area contributed by atoms with Crippen LogP contribution in [0.4, 0.5) is 0 Å². The summed E-state index contributed by atoms with van der Waals surface area (Å²) < 4.78 is 11.0. The van der Waals surface area contributed by atoms with Crippen LogP contribution >= 0.6 is 0 Å². The second-order valence-corrected chi connectivity index (χ2v) is 5.49. The van der Waals surface area contributed by atoms with Crippen LogP contribution in [0.3, 0.4) is 0 Å². The van der Waals surface area contributed by atoms with E-state index < -0.39 is 6.10 Å². The van der Waals surface area contributed by atoms with E-state index in [0.29, 0.717) is 17.2 Å². The first-order valence-electron chi connectivity index (χ1n) is 7.38. The molecule has 2 aromatic carbocycles. The Hall–Kier alpha value is -2.66. The first kappa shape index (κ1) is 15.2. The molecule has 1 atom stereocenters. The minimum absolute atomic E-state index is 0.147. The molecule has 5 nitrogen and oxygen atoms in total. The molecule has 1 unspecified atom stereocenters. The van der Waals surface area contributed by atoms with Gasteiger partial charge in [-0.15, -0.1) is 10.2 Å². The fraction of sp³-hybridized carbons (Fsp3) is 0.222. The highest BCUT2D eigenvalue weighted by atomic mass is 16.5. The standard InChI is InChI=1S/C18H18N2O3/c1-12-7-13(2)9-14(8-12)16(21)10-22-17-6-4-3-5-15(17)18-20-19-11-23-18/h3-9,11,16,21H,10H2,1-2H3. The molecule has 1 heterocycles. The summed E-state index contributed by atoms with van der Waals surface area (Å²) in [6.07, 6.45) is 0.570. The van der Waals surface area contributed by atoms with E-state index in [2.05, 4.69) is 16.3 Å². The van der Waals surface area contributed by atoms with Gasteiger partial charge in [-0.3, -0.25) is 0 Å². The Morgan fingerprint density at radius 2 is 1.87 bits per heavy atom. The van der Waals surface area contributed by atoms with Crippen LogP contribution in [0, 0.1) is 13.8 Å². The molecule has 1 N–H and O–H groups in total. The highest BCUT2D eigenvalue weighted by molar-refractivity contribution is 5.62. The smallest absolute Gasteiger partial charge is 0.251 e. The van der Waals surface area contributed by atoms with E-state index in [-0.39, 0.29) is 6.61 Å². The summed E-state index contributed by atoms with van der Waals surface area (Å²) in [6.45, 7) is 4.16. The minimum atomic E-state index is -0.704. The van der Waals surface area contributed by atoms with Crippen molar-refractivity contribution in [2.75, 3.05) is 6.61 Å². The normalized spacial score (nSPS) is 12.1. The third-order valence-electron chi connectivity index (χ3n) is 3.50. The van der Waals surface area contributed by atoms with Crippen molar-refractivity contribution in [3.8, 4) is 17.2 Å². The van der Waals surface area contributed by atoms with E-state index >= 15 is 0 Å². The quantitative estimate of drug-likeness (QED) is 0.781. The van der Waals surface area contributed by atoms with Crippen molar-refractivity contribution >= 4 is 0 Å². The van der Waals surface area contributed by atoms with Gasteiger partial charge in [-0.05, 0) is 31.5 Å². The fourth-order valence-corrected chi connectivity index (χ4v) is 2.53. The lowest BCUT2D eigenvalue weighted by Gasteiger charge is -2.15. The third-order valence-corrected chi connectivity index (χ3v) is 3.50. The molecule has 118 valence electrons. The highest BCUT2D eigenvalue weighted by Crippen LogP contribution is 2.29. The lowest BCUT2D eigenvalue weighted by Crippen LogP contribution is -2.10. The van der Waals surface area contributed by atoms with Crippen LogP contribution in [0.15, 0.2) is 53.3 Å². The average Bonchev–Trinajstić information content (AvgIpc) is 3.06. The number of ether oxygens (including phenoxy) is 1. The number of aromatic nitrogens is 2. The molecule has 5 heteroatoms. The number of aliphatic hydroxyl groups excluding tert-OH is 1. The van der Waals surface area contributed by atoms with E-state index in [9.17, 15) is 5.11 Å². The summed E-state index contributed by atoms with van der Waals surface area (Å²) in [6, 6.07) is 13.4. The fourth-order valence-electron chi connectivity index (χ4n) is 2.53. The Balaban J connectivity index is 1.76. The van der Waals surface area contributed by atoms with Crippen molar-refractivity contribution in [1.29, 1.82) is 0 Å². The zero-order valence-electron chi connectivity index (χ0n) is 13.1. The summed E-state index contributed by atoms with van der Waals surface area (Å²) >= 11 is 0. The first-order chi connectivity index (χ1) is 11.1. The molecular weight excluding hydrogens is 292 g/mol. The number of hydrogen-bond acceptors (Lipinski definition) is 5. The van der Waals surface area contributed by atoms with Gasteiger partial charge in [-0.2, -0.15) is 0 Å². The van der Waals surface area contributed by atoms with Crippen LogP contribution in [-0.2, 0) is 0 Å². The van der Waals surface area contributed by atoms with Gasteiger partial charge in [0.15, 0.2) is 0 Å². The molecule has 0 aliphatic carbocycles. The molecule has 0 fully saturated rings. The summed E-state index contributed by atoms with van der Waals surface area (Å²) in [5, 5.41) is 18.0. The Labute approximate surface area is 134 Å². The molecule has 0 amide bonds. The number of nitrogens with zero attached hydrogens (tertiary/aromatic N) is 2. The van der Waals surface area contributed by atoms with Crippen molar-refractivity contribution < 1.29 is 14.3 Å². The van der Waals surface area contributed by atoms with Crippen molar-refractivity contribution in [3.05, 3.63) is 65.5 Å². The number of hydrogen-bond donors (Lipinski definition) is 1. The van der Waals surface area contributed by atoms with Gasteiger partial charge >= 0.3 is 0 Å². The van der Waals surface area contributed by atoms with Gasteiger partial charge in [0.25, 0.3) is 5.89 Å². The van der Waals surface area contributed by atoms with Crippen molar-refractivity contribution in [1.82, 2.24) is 10.2 Å². The predicted molar refractivity (Wildman–Crippen MR) is 86.1 cm³/mol. The molecule has 0 saturated heterocycles. The molecule has 3 rings (SSSR count). The molecular formula is C18H18N2O3. The maximum Gasteiger partial charge on any atom is 0.251 e. The van der Waals surface area contributed by atoms with Gasteiger partial charge in [-0.25, -0.2) is 0 Å². The van der Waals surface area contributed by atoms with E-state index in [1.54, 1.807) is 0 Å².